The monoisotopic (exact) mass is 427 g/mol. The van der Waals surface area contributed by atoms with Crippen molar-refractivity contribution in [1.29, 1.82) is 0 Å². The molecule has 0 radical (unpaired) electrons. The molecule has 0 saturated heterocycles. The van der Waals surface area contributed by atoms with Crippen molar-refractivity contribution < 1.29 is 13.3 Å². The molecule has 9 heteroatoms. The van der Waals surface area contributed by atoms with Crippen LogP contribution >= 0.6 is 0 Å². The van der Waals surface area contributed by atoms with Crippen LogP contribution in [-0.4, -0.2) is 56.7 Å². The first-order chi connectivity index (χ1) is 14.0. The molecule has 1 heterocycles. The molecule has 0 atom stereocenters. The number of nitrogen functional groups attached to an aromatic ring is 1. The molecule has 0 aliphatic rings. The predicted molar refractivity (Wildman–Crippen MR) is 120 cm³/mol. The van der Waals surface area contributed by atoms with Crippen LogP contribution in [0.3, 0.4) is 0 Å². The van der Waals surface area contributed by atoms with Crippen LogP contribution in [0.1, 0.15) is 72.5 Å². The molecule has 2 N–H and O–H groups in total. The van der Waals surface area contributed by atoms with Crippen LogP contribution in [0.2, 0.25) is 6.04 Å². The summed E-state index contributed by atoms with van der Waals surface area (Å²) in [7, 11) is -2.65. The van der Waals surface area contributed by atoms with Crippen molar-refractivity contribution in [2.75, 3.05) is 43.5 Å². The minimum Gasteiger partial charge on any atom is -0.374 e. The average Bonchev–Trinajstić information content (AvgIpc) is 2.68. The van der Waals surface area contributed by atoms with E-state index in [-0.39, 0.29) is 5.95 Å². The Morgan fingerprint density at radius 3 is 1.83 bits per heavy atom. The van der Waals surface area contributed by atoms with E-state index in [0.717, 1.165) is 57.1 Å². The van der Waals surface area contributed by atoms with Crippen LogP contribution in [-0.2, 0) is 19.7 Å². The second-order valence-corrected chi connectivity index (χ2v) is 9.67. The van der Waals surface area contributed by atoms with Gasteiger partial charge in [0, 0.05) is 45.4 Å². The molecule has 0 aliphatic heterocycles. The average molecular weight is 428 g/mol. The Bertz CT molecular complexity index is 540. The molecule has 0 amide bonds. The lowest BCUT2D eigenvalue weighted by Crippen LogP contribution is -2.46. The molecule has 1 rings (SSSR count). The third kappa shape index (κ3) is 9.37. The van der Waals surface area contributed by atoms with Gasteiger partial charge in [0.25, 0.3) is 0 Å². The van der Waals surface area contributed by atoms with E-state index in [2.05, 4.69) is 28.7 Å². The maximum atomic E-state index is 6.00. The van der Waals surface area contributed by atoms with Gasteiger partial charge < -0.3 is 23.9 Å². The van der Waals surface area contributed by atoms with Gasteiger partial charge in [-0.1, -0.05) is 26.7 Å². The number of nitrogens with zero attached hydrogens (tertiary/aromatic N) is 4. The number of aromatic nitrogens is 3. The Hall–Kier alpha value is -1.29. The van der Waals surface area contributed by atoms with E-state index in [4.69, 9.17) is 24.0 Å². The molecule has 168 valence electrons. The van der Waals surface area contributed by atoms with Crippen molar-refractivity contribution in [2.24, 2.45) is 0 Å². The summed E-state index contributed by atoms with van der Waals surface area (Å²) in [6, 6.07) is 0.735. The van der Waals surface area contributed by atoms with E-state index in [1.807, 2.05) is 20.8 Å². The molecule has 0 saturated carbocycles. The molecule has 0 fully saturated rings. The highest BCUT2D eigenvalue weighted by atomic mass is 28.4. The van der Waals surface area contributed by atoms with Crippen molar-refractivity contribution >= 4 is 20.7 Å². The van der Waals surface area contributed by atoms with Crippen molar-refractivity contribution in [3.8, 4) is 0 Å². The van der Waals surface area contributed by atoms with Gasteiger partial charge >= 0.3 is 8.80 Å². The van der Waals surface area contributed by atoms with E-state index >= 15 is 0 Å². The summed E-state index contributed by atoms with van der Waals surface area (Å²) in [6.45, 7) is 13.9. The highest BCUT2D eigenvalue weighted by molar-refractivity contribution is 6.60. The fourth-order valence-corrected chi connectivity index (χ4v) is 5.76. The highest BCUT2D eigenvalue weighted by Gasteiger charge is 2.39. The zero-order valence-corrected chi connectivity index (χ0v) is 20.1. The van der Waals surface area contributed by atoms with E-state index in [1.165, 1.54) is 0 Å². The number of rotatable bonds is 17. The Labute approximate surface area is 177 Å². The lowest BCUT2D eigenvalue weighted by atomic mass is 10.3. The van der Waals surface area contributed by atoms with Crippen LogP contribution in [0.5, 0.6) is 0 Å². The molecule has 0 bridgehead atoms. The topological polar surface area (TPSA) is 95.6 Å². The second-order valence-electron chi connectivity index (χ2n) is 6.94. The summed E-state index contributed by atoms with van der Waals surface area (Å²) in [5, 5.41) is 0. The van der Waals surface area contributed by atoms with Gasteiger partial charge in [0.2, 0.25) is 11.9 Å². The van der Waals surface area contributed by atoms with Gasteiger partial charge in [-0.2, -0.15) is 15.0 Å². The molecular weight excluding hydrogens is 386 g/mol. The molecule has 0 spiro atoms. The predicted octanol–water partition coefficient (Wildman–Crippen LogP) is 3.84. The van der Waals surface area contributed by atoms with Gasteiger partial charge in [0.1, 0.15) is 5.82 Å². The zero-order valence-electron chi connectivity index (χ0n) is 19.1. The molecule has 8 nitrogen and oxygen atoms in total. The number of nitrogens with two attached hydrogens (primary N) is 1. The third-order valence-corrected chi connectivity index (χ3v) is 7.66. The van der Waals surface area contributed by atoms with E-state index in [1.54, 1.807) is 0 Å². The first-order valence-electron chi connectivity index (χ1n) is 11.2. The highest BCUT2D eigenvalue weighted by Crippen LogP contribution is 2.20. The van der Waals surface area contributed by atoms with Gasteiger partial charge in [-0.3, -0.25) is 0 Å². The maximum Gasteiger partial charge on any atom is 0.500 e. The Kier molecular flexibility index (Phi) is 13.0. The smallest absolute Gasteiger partial charge is 0.374 e. The minimum atomic E-state index is -2.65. The molecule has 29 heavy (non-hydrogen) atoms. The van der Waals surface area contributed by atoms with Crippen LogP contribution in [0.15, 0.2) is 0 Å². The molecule has 0 aliphatic carbocycles. The Morgan fingerprint density at radius 2 is 1.34 bits per heavy atom. The lowest BCUT2D eigenvalue weighted by Gasteiger charge is -2.28. The summed E-state index contributed by atoms with van der Waals surface area (Å²) in [5.41, 5.74) is 6.00. The van der Waals surface area contributed by atoms with E-state index in [0.29, 0.717) is 32.2 Å². The summed E-state index contributed by atoms with van der Waals surface area (Å²) in [5.74, 6) is 1.70. The largest absolute Gasteiger partial charge is 0.500 e. The molecular formula is C20H41N5O3Si. The fourth-order valence-electron chi connectivity index (χ4n) is 3.15. The first-order valence-corrected chi connectivity index (χ1v) is 13.1. The van der Waals surface area contributed by atoms with Crippen LogP contribution in [0.25, 0.3) is 0 Å². The van der Waals surface area contributed by atoms with Crippen LogP contribution in [0, 0.1) is 0 Å². The number of hydrogen-bond acceptors (Lipinski definition) is 8. The van der Waals surface area contributed by atoms with Gasteiger partial charge in [-0.25, -0.2) is 0 Å². The lowest BCUT2D eigenvalue weighted by molar-refractivity contribution is 0.0708. The summed E-state index contributed by atoms with van der Waals surface area (Å²) in [6.07, 6.45) is 5.99. The van der Waals surface area contributed by atoms with Crippen molar-refractivity contribution in [3.63, 3.8) is 0 Å². The van der Waals surface area contributed by atoms with Gasteiger partial charge in [0.15, 0.2) is 0 Å². The van der Waals surface area contributed by atoms with E-state index in [9.17, 15) is 0 Å². The summed E-state index contributed by atoms with van der Waals surface area (Å²) in [4.78, 5) is 15.7. The molecule has 0 aromatic carbocycles. The Morgan fingerprint density at radius 1 is 0.793 bits per heavy atom. The molecule has 1 aromatic heterocycles. The van der Waals surface area contributed by atoms with Crippen molar-refractivity contribution in [1.82, 2.24) is 15.0 Å². The normalized spacial score (nSPS) is 11.8. The first kappa shape index (κ1) is 25.7. The third-order valence-electron chi connectivity index (χ3n) is 4.51. The summed E-state index contributed by atoms with van der Waals surface area (Å²) < 4.78 is 17.8. The second kappa shape index (κ2) is 14.7. The SMILES string of the molecule is CCCCN(CCCC)c1nc(N)nc(CCC[Si](OCC)(OCC)OCC)n1. The maximum absolute atomic E-state index is 6.00. The number of hydrogen-bond donors (Lipinski definition) is 1. The van der Waals surface area contributed by atoms with Gasteiger partial charge in [-0.05, 0) is 40.0 Å². The number of aryl methyl sites for hydroxylation is 1. The van der Waals surface area contributed by atoms with Crippen LogP contribution < -0.4 is 10.6 Å². The fraction of sp³-hybridized carbons (Fsp3) is 0.850. The summed E-state index contributed by atoms with van der Waals surface area (Å²) >= 11 is 0. The number of anilines is 2. The quantitative estimate of drug-likeness (QED) is 0.375. The standard InChI is InChI=1S/C20H41N5O3Si/c1-6-11-15-25(16-12-7-2)20-23-18(22-19(21)24-20)14-13-17-29(26-8-3,27-9-4)28-10-5/h6-17H2,1-5H3,(H2,21,22,23,24). The van der Waals surface area contributed by atoms with Crippen molar-refractivity contribution in [2.45, 2.75) is 79.2 Å². The van der Waals surface area contributed by atoms with Crippen molar-refractivity contribution in [3.05, 3.63) is 5.82 Å². The minimum absolute atomic E-state index is 0.283. The molecule has 1 aromatic rings. The number of unbranched alkanes of at least 4 members (excludes halogenated alkanes) is 2. The molecule has 0 unspecified atom stereocenters. The van der Waals surface area contributed by atoms with Gasteiger partial charge in [-0.15, -0.1) is 0 Å². The van der Waals surface area contributed by atoms with Crippen LogP contribution in [0.4, 0.5) is 11.9 Å². The van der Waals surface area contributed by atoms with Gasteiger partial charge in [0.05, 0.1) is 0 Å². The zero-order chi connectivity index (χ0) is 21.5. The Balaban J connectivity index is 2.85. The van der Waals surface area contributed by atoms with E-state index < -0.39 is 8.80 Å².